The van der Waals surface area contributed by atoms with E-state index < -0.39 is 0 Å². The average molecular weight is 336 g/mol. The Labute approximate surface area is 129 Å². The second-order valence-corrected chi connectivity index (χ2v) is 6.07. The number of aromatic nitrogens is 2. The fraction of sp³-hybridized carbons (Fsp3) is 0.438. The molecular weight excluding hydrogens is 314 g/mol. The van der Waals surface area contributed by atoms with E-state index >= 15 is 0 Å². The van der Waals surface area contributed by atoms with Gasteiger partial charge in [0.2, 0.25) is 0 Å². The van der Waals surface area contributed by atoms with Crippen molar-refractivity contribution in [2.45, 2.75) is 45.8 Å². The molecule has 0 aliphatic rings. The molecule has 0 bridgehead atoms. The van der Waals surface area contributed by atoms with Crippen LogP contribution in [0.4, 0.5) is 0 Å². The summed E-state index contributed by atoms with van der Waals surface area (Å²) in [6.07, 6.45) is 6.10. The summed E-state index contributed by atoms with van der Waals surface area (Å²) >= 11 is 3.46. The van der Waals surface area contributed by atoms with Crippen LogP contribution in [-0.4, -0.2) is 15.6 Å². The van der Waals surface area contributed by atoms with Gasteiger partial charge in [-0.2, -0.15) is 0 Å². The number of hydrogen-bond donors (Lipinski definition) is 1. The number of nitrogens with one attached hydrogen (secondary N) is 1. The molecule has 0 spiro atoms. The minimum Gasteiger partial charge on any atom is -0.334 e. The summed E-state index contributed by atoms with van der Waals surface area (Å²) in [5.74, 6) is 1.12. The number of hydrogen-bond acceptors (Lipinski definition) is 2. The molecule has 0 radical (unpaired) electrons. The molecule has 108 valence electrons. The van der Waals surface area contributed by atoms with E-state index in [-0.39, 0.29) is 0 Å². The predicted molar refractivity (Wildman–Crippen MR) is 86.7 cm³/mol. The number of rotatable bonds is 7. The van der Waals surface area contributed by atoms with Crippen LogP contribution in [0.3, 0.4) is 0 Å². The third kappa shape index (κ3) is 4.46. The van der Waals surface area contributed by atoms with Crippen LogP contribution in [0.25, 0.3) is 0 Å². The van der Waals surface area contributed by atoms with E-state index in [4.69, 9.17) is 0 Å². The monoisotopic (exact) mass is 335 g/mol. The Balaban J connectivity index is 1.84. The van der Waals surface area contributed by atoms with Crippen molar-refractivity contribution in [3.8, 4) is 0 Å². The van der Waals surface area contributed by atoms with Gasteiger partial charge < -0.3 is 9.88 Å². The molecule has 1 heterocycles. The highest BCUT2D eigenvalue weighted by Crippen LogP contribution is 2.12. The van der Waals surface area contributed by atoms with Gasteiger partial charge in [-0.1, -0.05) is 35.0 Å². The van der Waals surface area contributed by atoms with Crippen LogP contribution < -0.4 is 5.32 Å². The van der Waals surface area contributed by atoms with Gasteiger partial charge in [0.25, 0.3) is 0 Å². The Morgan fingerprint density at radius 2 is 2.05 bits per heavy atom. The normalized spacial score (nSPS) is 12.6. The van der Waals surface area contributed by atoms with E-state index in [1.165, 1.54) is 5.56 Å². The summed E-state index contributed by atoms with van der Waals surface area (Å²) in [7, 11) is 0. The Morgan fingerprint density at radius 3 is 2.75 bits per heavy atom. The van der Waals surface area contributed by atoms with Crippen LogP contribution >= 0.6 is 15.9 Å². The Kier molecular flexibility index (Phi) is 5.80. The highest BCUT2D eigenvalue weighted by molar-refractivity contribution is 9.10. The maximum atomic E-state index is 4.42. The summed E-state index contributed by atoms with van der Waals surface area (Å²) in [4.78, 5) is 4.42. The lowest BCUT2D eigenvalue weighted by Gasteiger charge is -2.14. The standard InChI is InChI=1S/C16H22BrN3/c1-3-9-20-10-8-18-16(20)12-19-13(2)11-14-4-6-15(17)7-5-14/h4-8,10,13,19H,3,9,11-12H2,1-2H3. The van der Waals surface area contributed by atoms with Crippen molar-refractivity contribution in [3.05, 3.63) is 52.5 Å². The minimum absolute atomic E-state index is 0.433. The molecular formula is C16H22BrN3. The first-order valence-electron chi connectivity index (χ1n) is 7.17. The molecule has 3 nitrogen and oxygen atoms in total. The van der Waals surface area contributed by atoms with Crippen LogP contribution in [0.1, 0.15) is 31.7 Å². The van der Waals surface area contributed by atoms with Crippen LogP contribution in [0, 0.1) is 0 Å². The molecule has 0 fully saturated rings. The van der Waals surface area contributed by atoms with E-state index in [1.54, 1.807) is 0 Å². The molecule has 1 unspecified atom stereocenters. The van der Waals surface area contributed by atoms with Crippen molar-refractivity contribution in [1.82, 2.24) is 14.9 Å². The van der Waals surface area contributed by atoms with Gasteiger partial charge in [-0.15, -0.1) is 0 Å². The SMILES string of the molecule is CCCn1ccnc1CNC(C)Cc1ccc(Br)cc1. The molecule has 0 aliphatic carbocycles. The molecule has 1 atom stereocenters. The summed E-state index contributed by atoms with van der Waals surface area (Å²) in [6.45, 7) is 6.27. The molecule has 2 rings (SSSR count). The smallest absolute Gasteiger partial charge is 0.122 e. The molecule has 0 saturated carbocycles. The first-order chi connectivity index (χ1) is 9.69. The van der Waals surface area contributed by atoms with E-state index in [1.807, 2.05) is 6.20 Å². The molecule has 1 N–H and O–H groups in total. The van der Waals surface area contributed by atoms with Crippen LogP contribution in [-0.2, 0) is 19.5 Å². The summed E-state index contributed by atoms with van der Waals surface area (Å²) in [6, 6.07) is 8.95. The van der Waals surface area contributed by atoms with Gasteiger partial charge in [0, 0.05) is 29.5 Å². The van der Waals surface area contributed by atoms with Gasteiger partial charge in [0.1, 0.15) is 5.82 Å². The second kappa shape index (κ2) is 7.60. The number of nitrogens with zero attached hydrogens (tertiary/aromatic N) is 2. The van der Waals surface area contributed by atoms with Crippen molar-refractivity contribution >= 4 is 15.9 Å². The predicted octanol–water partition coefficient (Wildman–Crippen LogP) is 3.78. The van der Waals surface area contributed by atoms with Gasteiger partial charge in [0.05, 0.1) is 6.54 Å². The molecule has 2 aromatic rings. The van der Waals surface area contributed by atoms with Gasteiger partial charge in [-0.25, -0.2) is 4.98 Å². The molecule has 1 aromatic heterocycles. The summed E-state index contributed by atoms with van der Waals surface area (Å²) in [5, 5.41) is 3.55. The lowest BCUT2D eigenvalue weighted by Crippen LogP contribution is -2.28. The fourth-order valence-electron chi connectivity index (χ4n) is 2.26. The van der Waals surface area contributed by atoms with Gasteiger partial charge in [0.15, 0.2) is 0 Å². The van der Waals surface area contributed by atoms with Crippen molar-refractivity contribution in [2.24, 2.45) is 0 Å². The Bertz CT molecular complexity index is 519. The minimum atomic E-state index is 0.433. The number of aryl methyl sites for hydroxylation is 1. The van der Waals surface area contributed by atoms with E-state index in [2.05, 4.69) is 75.1 Å². The highest BCUT2D eigenvalue weighted by atomic mass is 79.9. The van der Waals surface area contributed by atoms with Crippen LogP contribution in [0.2, 0.25) is 0 Å². The van der Waals surface area contributed by atoms with Crippen LogP contribution in [0.15, 0.2) is 41.1 Å². The Morgan fingerprint density at radius 1 is 1.30 bits per heavy atom. The molecule has 1 aromatic carbocycles. The zero-order valence-corrected chi connectivity index (χ0v) is 13.7. The average Bonchev–Trinajstić information content (AvgIpc) is 2.87. The topological polar surface area (TPSA) is 29.9 Å². The van der Waals surface area contributed by atoms with E-state index in [9.17, 15) is 0 Å². The number of imidazole rings is 1. The maximum absolute atomic E-state index is 4.42. The number of halogens is 1. The summed E-state index contributed by atoms with van der Waals surface area (Å²) in [5.41, 5.74) is 1.35. The lowest BCUT2D eigenvalue weighted by molar-refractivity contribution is 0.513. The van der Waals surface area contributed by atoms with Crippen molar-refractivity contribution < 1.29 is 0 Å². The van der Waals surface area contributed by atoms with Crippen molar-refractivity contribution in [3.63, 3.8) is 0 Å². The molecule has 20 heavy (non-hydrogen) atoms. The zero-order valence-electron chi connectivity index (χ0n) is 12.1. The van der Waals surface area contributed by atoms with Gasteiger partial charge >= 0.3 is 0 Å². The van der Waals surface area contributed by atoms with Crippen molar-refractivity contribution in [1.29, 1.82) is 0 Å². The molecule has 4 heteroatoms. The fourth-order valence-corrected chi connectivity index (χ4v) is 2.53. The zero-order chi connectivity index (χ0) is 14.4. The van der Waals surface area contributed by atoms with Gasteiger partial charge in [-0.05, 0) is 37.5 Å². The molecule has 0 aliphatic heterocycles. The first-order valence-corrected chi connectivity index (χ1v) is 7.96. The maximum Gasteiger partial charge on any atom is 0.122 e. The quantitative estimate of drug-likeness (QED) is 0.834. The summed E-state index contributed by atoms with van der Waals surface area (Å²) < 4.78 is 3.35. The van der Waals surface area contributed by atoms with E-state index in [0.717, 1.165) is 36.2 Å². The lowest BCUT2D eigenvalue weighted by atomic mass is 10.1. The largest absolute Gasteiger partial charge is 0.334 e. The molecule has 0 amide bonds. The first kappa shape index (κ1) is 15.3. The van der Waals surface area contributed by atoms with Crippen molar-refractivity contribution in [2.75, 3.05) is 0 Å². The third-order valence-corrected chi connectivity index (χ3v) is 3.86. The van der Waals surface area contributed by atoms with E-state index in [0.29, 0.717) is 6.04 Å². The van der Waals surface area contributed by atoms with Gasteiger partial charge in [-0.3, -0.25) is 0 Å². The second-order valence-electron chi connectivity index (χ2n) is 5.15. The molecule has 0 saturated heterocycles. The number of benzene rings is 1. The van der Waals surface area contributed by atoms with Crippen LogP contribution in [0.5, 0.6) is 0 Å². The Hall–Kier alpha value is -1.13. The third-order valence-electron chi connectivity index (χ3n) is 3.33. The highest BCUT2D eigenvalue weighted by Gasteiger charge is 2.06.